The third-order valence-corrected chi connectivity index (χ3v) is 4.98. The highest BCUT2D eigenvalue weighted by atomic mass is 127. The first-order valence-electron chi connectivity index (χ1n) is 10.3. The van der Waals surface area contributed by atoms with Gasteiger partial charge in [0.1, 0.15) is 12.2 Å². The van der Waals surface area contributed by atoms with Crippen LogP contribution in [0.2, 0.25) is 0 Å². The number of alkyl halides is 3. The Balaban J connectivity index is 0.00000385. The summed E-state index contributed by atoms with van der Waals surface area (Å²) in [5.74, 6) is 1.28. The van der Waals surface area contributed by atoms with Crippen molar-refractivity contribution in [3.63, 3.8) is 0 Å². The SMILES string of the molecule is CCc1nncn1CCNC(=NC)NCc1ccc(-n2nc(C)cc2C)cc1C(F)(F)F.I. The van der Waals surface area contributed by atoms with Gasteiger partial charge in [0.25, 0.3) is 0 Å². The predicted molar refractivity (Wildman–Crippen MR) is 131 cm³/mol. The van der Waals surface area contributed by atoms with E-state index in [1.165, 1.54) is 10.7 Å². The summed E-state index contributed by atoms with van der Waals surface area (Å²) in [5, 5.41) is 18.2. The first kappa shape index (κ1) is 26.6. The molecule has 0 unspecified atom stereocenters. The highest BCUT2D eigenvalue weighted by Gasteiger charge is 2.33. The van der Waals surface area contributed by atoms with Gasteiger partial charge in [-0.05, 0) is 37.6 Å². The second-order valence-corrected chi connectivity index (χ2v) is 7.32. The van der Waals surface area contributed by atoms with Gasteiger partial charge >= 0.3 is 6.18 Å². The van der Waals surface area contributed by atoms with Crippen molar-refractivity contribution in [3.8, 4) is 5.69 Å². The van der Waals surface area contributed by atoms with Crippen LogP contribution in [0.1, 0.15) is 35.3 Å². The Morgan fingerprint density at radius 1 is 1.15 bits per heavy atom. The lowest BCUT2D eigenvalue weighted by molar-refractivity contribution is -0.138. The Labute approximate surface area is 207 Å². The zero-order valence-corrected chi connectivity index (χ0v) is 21.3. The number of aromatic nitrogens is 5. The normalized spacial score (nSPS) is 11.9. The number of aliphatic imine (C=N–C) groups is 1. The highest BCUT2D eigenvalue weighted by Crippen LogP contribution is 2.33. The second kappa shape index (κ2) is 11.5. The Hall–Kier alpha value is -2.64. The molecule has 0 saturated heterocycles. The Kier molecular flexibility index (Phi) is 9.25. The molecule has 0 aliphatic heterocycles. The maximum Gasteiger partial charge on any atom is 0.416 e. The lowest BCUT2D eigenvalue weighted by Gasteiger charge is -2.17. The van der Waals surface area contributed by atoms with Gasteiger partial charge in [-0.3, -0.25) is 4.99 Å². The van der Waals surface area contributed by atoms with Crippen LogP contribution >= 0.6 is 24.0 Å². The molecule has 3 rings (SSSR count). The smallest absolute Gasteiger partial charge is 0.355 e. The fraction of sp³-hybridized carbons (Fsp3) is 0.429. The summed E-state index contributed by atoms with van der Waals surface area (Å²) in [7, 11) is 1.57. The van der Waals surface area contributed by atoms with Crippen molar-refractivity contribution in [2.75, 3.05) is 13.6 Å². The van der Waals surface area contributed by atoms with Crippen LogP contribution in [0.4, 0.5) is 13.2 Å². The van der Waals surface area contributed by atoms with Gasteiger partial charge in [-0.15, -0.1) is 34.2 Å². The van der Waals surface area contributed by atoms with Crippen LogP contribution in [0.15, 0.2) is 35.6 Å². The lowest BCUT2D eigenvalue weighted by Crippen LogP contribution is -2.38. The van der Waals surface area contributed by atoms with E-state index in [1.54, 1.807) is 26.4 Å². The number of hydrogen-bond acceptors (Lipinski definition) is 4. The summed E-state index contributed by atoms with van der Waals surface area (Å²) in [6.45, 7) is 6.71. The minimum atomic E-state index is -4.49. The van der Waals surface area contributed by atoms with Crippen molar-refractivity contribution in [1.29, 1.82) is 0 Å². The summed E-state index contributed by atoms with van der Waals surface area (Å²) in [5.41, 5.74) is 1.30. The van der Waals surface area contributed by atoms with Crippen LogP contribution < -0.4 is 10.6 Å². The molecule has 0 bridgehead atoms. The van der Waals surface area contributed by atoms with Gasteiger partial charge in [0.05, 0.1) is 16.9 Å². The lowest BCUT2D eigenvalue weighted by atomic mass is 10.1. The number of nitrogens with zero attached hydrogens (tertiary/aromatic N) is 6. The fourth-order valence-corrected chi connectivity index (χ4v) is 3.44. The third-order valence-electron chi connectivity index (χ3n) is 4.98. The number of halogens is 4. The summed E-state index contributed by atoms with van der Waals surface area (Å²) in [4.78, 5) is 4.09. The maximum atomic E-state index is 13.8. The summed E-state index contributed by atoms with van der Waals surface area (Å²) in [6, 6.07) is 6.06. The van der Waals surface area contributed by atoms with Gasteiger partial charge < -0.3 is 15.2 Å². The van der Waals surface area contributed by atoms with Crippen LogP contribution in [0, 0.1) is 13.8 Å². The zero-order valence-electron chi connectivity index (χ0n) is 18.9. The maximum absolute atomic E-state index is 13.8. The summed E-state index contributed by atoms with van der Waals surface area (Å²) < 4.78 is 44.7. The number of aryl methyl sites for hydroxylation is 3. The predicted octanol–water partition coefficient (Wildman–Crippen LogP) is 3.65. The average Bonchev–Trinajstić information content (AvgIpc) is 3.34. The van der Waals surface area contributed by atoms with E-state index < -0.39 is 11.7 Å². The van der Waals surface area contributed by atoms with Gasteiger partial charge in [-0.2, -0.15) is 18.3 Å². The van der Waals surface area contributed by atoms with Crippen molar-refractivity contribution in [2.45, 2.75) is 46.5 Å². The van der Waals surface area contributed by atoms with E-state index >= 15 is 0 Å². The molecule has 12 heteroatoms. The van der Waals surface area contributed by atoms with Crippen molar-refractivity contribution in [1.82, 2.24) is 35.2 Å². The topological polar surface area (TPSA) is 85.0 Å². The van der Waals surface area contributed by atoms with E-state index in [0.29, 0.717) is 24.7 Å². The van der Waals surface area contributed by atoms with Crippen molar-refractivity contribution in [3.05, 3.63) is 58.9 Å². The minimum absolute atomic E-state index is 0. The molecule has 0 fully saturated rings. The van der Waals surface area contributed by atoms with Crippen LogP contribution in [-0.4, -0.2) is 44.1 Å². The molecule has 180 valence electrons. The van der Waals surface area contributed by atoms with Gasteiger partial charge in [-0.25, -0.2) is 4.68 Å². The number of guanidine groups is 1. The molecule has 0 amide bonds. The number of benzene rings is 1. The van der Waals surface area contributed by atoms with Crippen molar-refractivity contribution >= 4 is 29.9 Å². The molecule has 0 radical (unpaired) electrons. The largest absolute Gasteiger partial charge is 0.416 e. The van der Waals surface area contributed by atoms with E-state index in [-0.39, 0.29) is 36.1 Å². The molecule has 0 atom stereocenters. The molecule has 8 nitrogen and oxygen atoms in total. The molecule has 1 aromatic carbocycles. The molecular weight excluding hydrogens is 548 g/mol. The third kappa shape index (κ3) is 6.68. The molecular formula is C21H28F3IN8. The Morgan fingerprint density at radius 2 is 1.91 bits per heavy atom. The van der Waals surface area contributed by atoms with E-state index in [4.69, 9.17) is 0 Å². The number of nitrogens with one attached hydrogen (secondary N) is 2. The van der Waals surface area contributed by atoms with Crippen LogP contribution in [0.25, 0.3) is 5.69 Å². The molecule has 33 heavy (non-hydrogen) atoms. The quantitative estimate of drug-likeness (QED) is 0.255. The van der Waals surface area contributed by atoms with Crippen molar-refractivity contribution in [2.24, 2.45) is 4.99 Å². The highest BCUT2D eigenvalue weighted by molar-refractivity contribution is 14.0. The zero-order chi connectivity index (χ0) is 23.3. The molecule has 0 aliphatic carbocycles. The second-order valence-electron chi connectivity index (χ2n) is 7.32. The molecule has 2 aromatic heterocycles. The molecule has 0 aliphatic rings. The average molecular weight is 576 g/mol. The van der Waals surface area contributed by atoms with E-state index in [2.05, 4.69) is 30.9 Å². The molecule has 2 heterocycles. The standard InChI is InChI=1S/C21H27F3N8.HI/c1-5-19-29-28-13-31(19)9-8-26-20(25-4)27-12-16-6-7-17(11-18(16)21(22,23)24)32-15(3)10-14(2)30-32;/h6-7,10-11,13H,5,8-9,12H2,1-4H3,(H2,25,26,27);1H. The first-order chi connectivity index (χ1) is 15.2. The monoisotopic (exact) mass is 576 g/mol. The fourth-order valence-electron chi connectivity index (χ4n) is 3.44. The van der Waals surface area contributed by atoms with Crippen molar-refractivity contribution < 1.29 is 13.2 Å². The van der Waals surface area contributed by atoms with Gasteiger partial charge in [0, 0.05) is 38.8 Å². The summed E-state index contributed by atoms with van der Waals surface area (Å²) in [6.07, 6.45) is -2.08. The molecule has 0 spiro atoms. The van der Waals surface area contributed by atoms with Crippen LogP contribution in [0.3, 0.4) is 0 Å². The van der Waals surface area contributed by atoms with E-state index in [1.807, 2.05) is 24.5 Å². The van der Waals surface area contributed by atoms with Gasteiger partial charge in [-0.1, -0.05) is 13.0 Å². The molecule has 0 saturated carbocycles. The van der Waals surface area contributed by atoms with Gasteiger partial charge in [0.2, 0.25) is 0 Å². The number of hydrogen-bond donors (Lipinski definition) is 2. The van der Waals surface area contributed by atoms with Crippen LogP contribution in [-0.2, 0) is 25.7 Å². The van der Waals surface area contributed by atoms with E-state index in [0.717, 1.165) is 29.7 Å². The summed E-state index contributed by atoms with van der Waals surface area (Å²) >= 11 is 0. The van der Waals surface area contributed by atoms with E-state index in [9.17, 15) is 13.2 Å². The Bertz CT molecular complexity index is 1090. The van der Waals surface area contributed by atoms with Crippen LogP contribution in [0.5, 0.6) is 0 Å². The Morgan fingerprint density at radius 3 is 2.52 bits per heavy atom. The van der Waals surface area contributed by atoms with Gasteiger partial charge in [0.15, 0.2) is 5.96 Å². The number of rotatable bonds is 7. The minimum Gasteiger partial charge on any atom is -0.355 e. The molecule has 3 aromatic rings. The first-order valence-corrected chi connectivity index (χ1v) is 10.3. The molecule has 2 N–H and O–H groups in total.